The van der Waals surface area contributed by atoms with Gasteiger partial charge in [-0.25, -0.2) is 0 Å². The number of fused-ring (bicyclic) bond motifs is 7. The van der Waals surface area contributed by atoms with Gasteiger partial charge in [-0.3, -0.25) is 9.59 Å². The van der Waals surface area contributed by atoms with Crippen LogP contribution in [-0.2, 0) is 14.3 Å². The fourth-order valence-electron chi connectivity index (χ4n) is 11.0. The first kappa shape index (κ1) is 26.3. The molecule has 0 heterocycles. The first-order chi connectivity index (χ1) is 16.8. The minimum atomic E-state index is -0.774. The maximum absolute atomic E-state index is 12.9. The second-order valence-corrected chi connectivity index (χ2v) is 14.7. The number of methoxy groups -OCH3 is 1. The Bertz CT molecular complexity index is 987. The number of aliphatic hydroxyl groups is 1. The second kappa shape index (κ2) is 8.07. The molecule has 5 rings (SSSR count). The molecule has 5 heteroatoms. The molecule has 2 N–H and O–H groups in total. The van der Waals surface area contributed by atoms with Crippen LogP contribution in [0.2, 0.25) is 0 Å². The van der Waals surface area contributed by atoms with Crippen molar-refractivity contribution in [3.8, 4) is 0 Å². The Hall–Kier alpha value is -1.36. The topological polar surface area (TPSA) is 83.8 Å². The summed E-state index contributed by atoms with van der Waals surface area (Å²) in [6.45, 7) is 12.0. The minimum Gasteiger partial charge on any atom is -0.481 e. The highest BCUT2D eigenvalue weighted by Gasteiger charge is 2.69. The number of carboxylic acids is 1. The van der Waals surface area contributed by atoms with E-state index in [1.54, 1.807) is 0 Å². The van der Waals surface area contributed by atoms with Crippen LogP contribution in [0.5, 0.6) is 0 Å². The number of ether oxygens (including phenoxy) is 1. The number of carbonyl (C=O) groups excluding carboxylic acids is 1. The lowest BCUT2D eigenvalue weighted by atomic mass is 9.33. The summed E-state index contributed by atoms with van der Waals surface area (Å²) < 4.78 is 5.21. The number of hydrogen-bond acceptors (Lipinski definition) is 4. The van der Waals surface area contributed by atoms with Gasteiger partial charge in [0, 0.05) is 6.61 Å². The fourth-order valence-corrected chi connectivity index (χ4v) is 11.0. The molecular weight excluding hydrogens is 452 g/mol. The molecule has 5 aliphatic carbocycles. The number of rotatable bonds is 3. The number of hydrogen-bond donors (Lipinski definition) is 2. The molecule has 5 aliphatic rings. The number of esters is 1. The van der Waals surface area contributed by atoms with Crippen molar-refractivity contribution in [2.24, 2.45) is 50.2 Å². The standard InChI is InChI=1S/C31H48O5/c1-26(25(35)36-6)14-16-31(24(33)34)17-15-29(4)20(21(31)18-26)8-9-23-28(3)12-7-11-27(2,19-32)22(28)10-13-30(23,29)5/h8,21-23,32H,7,9-19H2,1-6H3,(H,33,34)/t21-,22-,23+,26-,27-,28-,29+,30+,31-/m0/s1. The number of allylic oxidation sites excluding steroid dienone is 2. The van der Waals surface area contributed by atoms with E-state index in [2.05, 4.69) is 33.8 Å². The van der Waals surface area contributed by atoms with Crippen molar-refractivity contribution in [2.45, 2.75) is 105 Å². The van der Waals surface area contributed by atoms with Crippen molar-refractivity contribution in [1.82, 2.24) is 0 Å². The van der Waals surface area contributed by atoms with E-state index >= 15 is 0 Å². The third kappa shape index (κ3) is 3.10. The molecule has 0 bridgehead atoms. The molecule has 0 aromatic carbocycles. The van der Waals surface area contributed by atoms with Gasteiger partial charge in [-0.15, -0.1) is 0 Å². The molecule has 36 heavy (non-hydrogen) atoms. The molecule has 4 fully saturated rings. The highest BCUT2D eigenvalue weighted by molar-refractivity contribution is 5.80. The summed E-state index contributed by atoms with van der Waals surface area (Å²) >= 11 is 0. The summed E-state index contributed by atoms with van der Waals surface area (Å²) in [5.41, 5.74) is 0.106. The van der Waals surface area contributed by atoms with Crippen LogP contribution in [-0.4, -0.2) is 35.9 Å². The summed E-state index contributed by atoms with van der Waals surface area (Å²) in [4.78, 5) is 25.7. The normalized spacial score (nSPS) is 52.1. The molecule has 0 spiro atoms. The van der Waals surface area contributed by atoms with Crippen molar-refractivity contribution in [2.75, 3.05) is 13.7 Å². The van der Waals surface area contributed by atoms with Gasteiger partial charge in [-0.2, -0.15) is 0 Å². The zero-order valence-corrected chi connectivity index (χ0v) is 23.4. The Morgan fingerprint density at radius 1 is 0.972 bits per heavy atom. The van der Waals surface area contributed by atoms with Crippen LogP contribution in [0.1, 0.15) is 105 Å². The monoisotopic (exact) mass is 500 g/mol. The minimum absolute atomic E-state index is 0.00402. The zero-order chi connectivity index (χ0) is 26.4. The number of aliphatic hydroxyl groups excluding tert-OH is 1. The van der Waals surface area contributed by atoms with Crippen LogP contribution in [0, 0.1) is 50.2 Å². The van der Waals surface area contributed by atoms with Crippen molar-refractivity contribution < 1.29 is 24.5 Å². The Labute approximate surface area is 217 Å². The summed E-state index contributed by atoms with van der Waals surface area (Å²) in [5.74, 6) is 0.0454. The molecule has 0 radical (unpaired) electrons. The van der Waals surface area contributed by atoms with Crippen molar-refractivity contribution in [3.63, 3.8) is 0 Å². The van der Waals surface area contributed by atoms with Crippen LogP contribution in [0.3, 0.4) is 0 Å². The molecule has 0 saturated heterocycles. The average Bonchev–Trinajstić information content (AvgIpc) is 2.83. The second-order valence-electron chi connectivity index (χ2n) is 14.7. The van der Waals surface area contributed by atoms with Gasteiger partial charge in [-0.05, 0) is 111 Å². The van der Waals surface area contributed by atoms with Gasteiger partial charge in [0.25, 0.3) is 0 Å². The highest BCUT2D eigenvalue weighted by atomic mass is 16.5. The third-order valence-electron chi connectivity index (χ3n) is 13.4. The lowest BCUT2D eigenvalue weighted by molar-refractivity contribution is -0.195. The van der Waals surface area contributed by atoms with Gasteiger partial charge in [0.15, 0.2) is 0 Å². The van der Waals surface area contributed by atoms with E-state index in [1.807, 2.05) is 6.92 Å². The fraction of sp³-hybridized carbons (Fsp3) is 0.871. The number of carbonyl (C=O) groups is 2. The molecule has 0 unspecified atom stereocenters. The maximum Gasteiger partial charge on any atom is 0.311 e. The average molecular weight is 501 g/mol. The lowest BCUT2D eigenvalue weighted by Crippen LogP contribution is -2.64. The molecule has 202 valence electrons. The van der Waals surface area contributed by atoms with Crippen LogP contribution in [0.4, 0.5) is 0 Å². The van der Waals surface area contributed by atoms with Gasteiger partial charge in [-0.1, -0.05) is 45.8 Å². The predicted octanol–water partition coefficient (Wildman–Crippen LogP) is 6.39. The first-order valence-electron chi connectivity index (χ1n) is 14.4. The van der Waals surface area contributed by atoms with E-state index in [-0.39, 0.29) is 40.2 Å². The van der Waals surface area contributed by atoms with Crippen molar-refractivity contribution in [3.05, 3.63) is 11.6 Å². The Kier molecular flexibility index (Phi) is 5.89. The molecule has 0 aliphatic heterocycles. The molecule has 0 aromatic heterocycles. The van der Waals surface area contributed by atoms with E-state index in [0.717, 1.165) is 32.1 Å². The quantitative estimate of drug-likeness (QED) is 0.347. The van der Waals surface area contributed by atoms with Crippen LogP contribution >= 0.6 is 0 Å². The zero-order valence-electron chi connectivity index (χ0n) is 23.4. The van der Waals surface area contributed by atoms with E-state index in [4.69, 9.17) is 4.74 Å². The summed E-state index contributed by atoms with van der Waals surface area (Å²) in [7, 11) is 1.45. The molecular formula is C31H48O5. The lowest BCUT2D eigenvalue weighted by Gasteiger charge is -2.70. The molecule has 0 amide bonds. The van der Waals surface area contributed by atoms with E-state index in [0.29, 0.717) is 37.5 Å². The maximum atomic E-state index is 12.9. The number of carboxylic acid groups (broad SMARTS) is 1. The van der Waals surface area contributed by atoms with Gasteiger partial charge < -0.3 is 14.9 Å². The SMILES string of the molecule is COC(=O)[C@@]1(C)CC[C@]2(C(=O)O)CC[C@]3(C)C(=CC[C@@H]4[C@@]5(C)CCC[C@@](C)(CO)[C@@H]5CC[C@]43C)[C@@H]2C1. The number of aliphatic carboxylic acids is 1. The molecule has 5 nitrogen and oxygen atoms in total. The largest absolute Gasteiger partial charge is 0.481 e. The van der Waals surface area contributed by atoms with Crippen LogP contribution < -0.4 is 0 Å². The molecule has 9 atom stereocenters. The van der Waals surface area contributed by atoms with Crippen molar-refractivity contribution in [1.29, 1.82) is 0 Å². The molecule has 0 aromatic rings. The predicted molar refractivity (Wildman–Crippen MR) is 139 cm³/mol. The smallest absolute Gasteiger partial charge is 0.311 e. The van der Waals surface area contributed by atoms with Gasteiger partial charge in [0.05, 0.1) is 17.9 Å². The highest BCUT2D eigenvalue weighted by Crippen LogP contribution is 2.75. The van der Waals surface area contributed by atoms with Gasteiger partial charge in [0.2, 0.25) is 0 Å². The Morgan fingerprint density at radius 3 is 2.31 bits per heavy atom. The third-order valence-corrected chi connectivity index (χ3v) is 13.4. The Balaban J connectivity index is 1.59. The van der Waals surface area contributed by atoms with E-state index < -0.39 is 16.8 Å². The van der Waals surface area contributed by atoms with Gasteiger partial charge in [0.1, 0.15) is 0 Å². The summed E-state index contributed by atoms with van der Waals surface area (Å²) in [5, 5.41) is 21.0. The van der Waals surface area contributed by atoms with Crippen molar-refractivity contribution >= 4 is 11.9 Å². The summed E-state index contributed by atoms with van der Waals surface area (Å²) in [6.07, 6.45) is 12.5. The van der Waals surface area contributed by atoms with Crippen LogP contribution in [0.15, 0.2) is 11.6 Å². The molecule has 4 saturated carbocycles. The summed E-state index contributed by atoms with van der Waals surface area (Å²) in [6, 6.07) is 0. The van der Waals surface area contributed by atoms with E-state index in [9.17, 15) is 19.8 Å². The van der Waals surface area contributed by atoms with Crippen LogP contribution in [0.25, 0.3) is 0 Å². The Morgan fingerprint density at radius 2 is 1.67 bits per heavy atom. The van der Waals surface area contributed by atoms with E-state index in [1.165, 1.54) is 25.5 Å². The first-order valence-corrected chi connectivity index (χ1v) is 14.4. The van der Waals surface area contributed by atoms with Gasteiger partial charge >= 0.3 is 11.9 Å².